The summed E-state index contributed by atoms with van der Waals surface area (Å²) in [6.07, 6.45) is 0.908. The minimum Gasteiger partial charge on any atom is -0.382 e. The van der Waals surface area contributed by atoms with E-state index in [0.717, 1.165) is 12.3 Å². The summed E-state index contributed by atoms with van der Waals surface area (Å²) in [5.74, 6) is 4.51. The van der Waals surface area contributed by atoms with Crippen molar-refractivity contribution in [3.63, 3.8) is 0 Å². The van der Waals surface area contributed by atoms with Gasteiger partial charge in [-0.25, -0.2) is 4.39 Å². The number of halogens is 1. The normalized spacial score (nSPS) is 11.2. The minimum atomic E-state index is -3.63. The topological polar surface area (TPSA) is 81.4 Å². The first-order valence-corrected chi connectivity index (χ1v) is 5.81. The van der Waals surface area contributed by atoms with Gasteiger partial charge in [0.15, 0.2) is 0 Å². The van der Waals surface area contributed by atoms with E-state index in [4.69, 9.17) is 5.84 Å². The lowest BCUT2D eigenvalue weighted by Crippen LogP contribution is -2.11. The van der Waals surface area contributed by atoms with Gasteiger partial charge < -0.3 is 9.61 Å². The number of rotatable bonds is 3. The second-order valence-corrected chi connectivity index (χ2v) is 4.60. The van der Waals surface area contributed by atoms with Crippen molar-refractivity contribution in [2.75, 3.05) is 11.7 Å². The van der Waals surface area contributed by atoms with Gasteiger partial charge in [0.25, 0.3) is 0 Å². The Balaban J connectivity index is 3.19. The molecule has 0 unspecified atom stereocenters. The van der Waals surface area contributed by atoms with Crippen LogP contribution in [0.15, 0.2) is 12.1 Å². The fraction of sp³-hybridized carbons (Fsp3) is 0.250. The van der Waals surface area contributed by atoms with Crippen LogP contribution in [0.3, 0.4) is 0 Å². The maximum absolute atomic E-state index is 13.1. The Morgan fingerprint density at radius 3 is 2.53 bits per heavy atom. The lowest BCUT2D eigenvalue weighted by molar-refractivity contribution is 0.490. The highest BCUT2D eigenvalue weighted by atomic mass is 32.2. The van der Waals surface area contributed by atoms with Crippen LogP contribution in [-0.2, 0) is 10.1 Å². The van der Waals surface area contributed by atoms with Gasteiger partial charge in [0, 0.05) is 6.07 Å². The molecule has 0 radical (unpaired) electrons. The van der Waals surface area contributed by atoms with Crippen molar-refractivity contribution in [1.82, 2.24) is 0 Å². The highest BCUT2D eigenvalue weighted by Gasteiger charge is 2.11. The van der Waals surface area contributed by atoms with Crippen LogP contribution in [0.1, 0.15) is 5.56 Å². The van der Waals surface area contributed by atoms with Gasteiger partial charge in [-0.3, -0.25) is 5.84 Å². The van der Waals surface area contributed by atoms with E-state index in [-0.39, 0.29) is 11.4 Å². The van der Waals surface area contributed by atoms with Gasteiger partial charge in [-0.1, -0.05) is 0 Å². The summed E-state index contributed by atoms with van der Waals surface area (Å²) in [6.45, 7) is 1.53. The number of hydrogen-bond donors (Lipinski definition) is 2. The van der Waals surface area contributed by atoms with Crippen LogP contribution in [0.5, 0.6) is 5.75 Å². The predicted octanol–water partition coefficient (Wildman–Crippen LogP) is 0.758. The largest absolute Gasteiger partial charge is 0.382 e. The predicted molar refractivity (Wildman–Crippen MR) is 54.4 cm³/mol. The highest BCUT2D eigenvalue weighted by molar-refractivity contribution is 7.86. The molecule has 0 bridgehead atoms. The zero-order chi connectivity index (χ0) is 11.6. The summed E-state index contributed by atoms with van der Waals surface area (Å²) >= 11 is 0. The smallest absolute Gasteiger partial charge is 0.306 e. The Morgan fingerprint density at radius 2 is 2.07 bits per heavy atom. The molecule has 0 saturated carbocycles. The molecule has 84 valence electrons. The Labute approximate surface area is 87.1 Å². The van der Waals surface area contributed by atoms with E-state index in [0.29, 0.717) is 5.56 Å². The van der Waals surface area contributed by atoms with Crippen LogP contribution in [0.25, 0.3) is 0 Å². The standard InChI is InChI=1S/C8H11FN2O3S/c1-5-3-6(9)7(11-10)4-8(5)14-15(2,12)13/h3-4,11H,10H2,1-2H3. The maximum Gasteiger partial charge on any atom is 0.306 e. The van der Waals surface area contributed by atoms with Gasteiger partial charge in [-0.15, -0.1) is 0 Å². The minimum absolute atomic E-state index is 0.0285. The number of nitrogens with one attached hydrogen (secondary N) is 1. The van der Waals surface area contributed by atoms with E-state index < -0.39 is 15.9 Å². The van der Waals surface area contributed by atoms with Crippen molar-refractivity contribution in [3.8, 4) is 5.75 Å². The van der Waals surface area contributed by atoms with Crippen LogP contribution < -0.4 is 15.5 Å². The third kappa shape index (κ3) is 3.07. The van der Waals surface area contributed by atoms with E-state index in [2.05, 4.69) is 9.61 Å². The molecule has 0 aliphatic carbocycles. The van der Waals surface area contributed by atoms with Gasteiger partial charge in [0.05, 0.1) is 11.9 Å². The molecule has 0 spiro atoms. The zero-order valence-corrected chi connectivity index (χ0v) is 9.06. The Kier molecular flexibility index (Phi) is 3.15. The molecule has 0 fully saturated rings. The molecule has 0 aliphatic heterocycles. The van der Waals surface area contributed by atoms with Crippen molar-refractivity contribution < 1.29 is 17.0 Å². The number of benzene rings is 1. The molecule has 0 aliphatic rings. The summed E-state index contributed by atoms with van der Waals surface area (Å²) in [5, 5.41) is 0. The number of hydrogen-bond acceptors (Lipinski definition) is 5. The van der Waals surface area contributed by atoms with E-state index >= 15 is 0 Å². The first-order valence-electron chi connectivity index (χ1n) is 3.99. The van der Waals surface area contributed by atoms with Crippen LogP contribution in [0.2, 0.25) is 0 Å². The molecular formula is C8H11FN2O3S. The summed E-state index contributed by atoms with van der Waals surface area (Å²) in [7, 11) is -3.63. The second kappa shape index (κ2) is 4.03. The average Bonchev–Trinajstić information content (AvgIpc) is 2.07. The van der Waals surface area contributed by atoms with Gasteiger partial charge in [0.2, 0.25) is 0 Å². The summed E-state index contributed by atoms with van der Waals surface area (Å²) in [6, 6.07) is 2.32. The molecule has 0 atom stereocenters. The van der Waals surface area contributed by atoms with Crippen LogP contribution >= 0.6 is 0 Å². The van der Waals surface area contributed by atoms with Crippen molar-refractivity contribution in [1.29, 1.82) is 0 Å². The molecule has 0 aromatic heterocycles. The molecular weight excluding hydrogens is 223 g/mol. The van der Waals surface area contributed by atoms with E-state index in [1.54, 1.807) is 0 Å². The maximum atomic E-state index is 13.1. The first kappa shape index (κ1) is 11.7. The lowest BCUT2D eigenvalue weighted by atomic mass is 10.2. The fourth-order valence-electron chi connectivity index (χ4n) is 1.02. The van der Waals surface area contributed by atoms with E-state index in [9.17, 15) is 12.8 Å². The number of anilines is 1. The van der Waals surface area contributed by atoms with Crippen molar-refractivity contribution in [2.24, 2.45) is 5.84 Å². The second-order valence-electron chi connectivity index (χ2n) is 3.03. The third-order valence-electron chi connectivity index (χ3n) is 1.66. The van der Waals surface area contributed by atoms with Gasteiger partial charge in [-0.2, -0.15) is 8.42 Å². The van der Waals surface area contributed by atoms with Crippen molar-refractivity contribution >= 4 is 15.8 Å². The zero-order valence-electron chi connectivity index (χ0n) is 8.24. The van der Waals surface area contributed by atoms with Crippen LogP contribution in [0.4, 0.5) is 10.1 Å². The quantitative estimate of drug-likeness (QED) is 0.458. The summed E-state index contributed by atoms with van der Waals surface area (Å²) < 4.78 is 39.5. The van der Waals surface area contributed by atoms with Crippen molar-refractivity contribution in [2.45, 2.75) is 6.92 Å². The number of nitrogen functional groups attached to an aromatic ring is 1. The molecule has 0 heterocycles. The average molecular weight is 234 g/mol. The summed E-state index contributed by atoms with van der Waals surface area (Å²) in [5.41, 5.74) is 2.44. The van der Waals surface area contributed by atoms with Crippen LogP contribution in [-0.4, -0.2) is 14.7 Å². The Hall–Kier alpha value is -1.34. The lowest BCUT2D eigenvalue weighted by Gasteiger charge is -2.09. The number of nitrogens with two attached hydrogens (primary N) is 1. The van der Waals surface area contributed by atoms with Gasteiger partial charge >= 0.3 is 10.1 Å². The SMILES string of the molecule is Cc1cc(F)c(NN)cc1OS(C)(=O)=O. The fourth-order valence-corrected chi connectivity index (χ4v) is 1.52. The molecule has 15 heavy (non-hydrogen) atoms. The molecule has 1 aromatic carbocycles. The molecule has 7 heteroatoms. The first-order chi connectivity index (χ1) is 6.83. The van der Waals surface area contributed by atoms with Crippen LogP contribution in [0, 0.1) is 12.7 Å². The molecule has 1 aromatic rings. The summed E-state index contributed by atoms with van der Waals surface area (Å²) in [4.78, 5) is 0. The molecule has 5 nitrogen and oxygen atoms in total. The van der Waals surface area contributed by atoms with Gasteiger partial charge in [-0.05, 0) is 18.6 Å². The number of aryl methyl sites for hydroxylation is 1. The van der Waals surface area contributed by atoms with E-state index in [1.807, 2.05) is 0 Å². The monoisotopic (exact) mass is 234 g/mol. The molecule has 1 rings (SSSR count). The Morgan fingerprint density at radius 1 is 1.47 bits per heavy atom. The number of hydrazine groups is 1. The molecule has 0 saturated heterocycles. The Bertz CT molecular complexity index is 473. The highest BCUT2D eigenvalue weighted by Crippen LogP contribution is 2.26. The third-order valence-corrected chi connectivity index (χ3v) is 2.14. The van der Waals surface area contributed by atoms with E-state index in [1.165, 1.54) is 13.0 Å². The molecule has 0 amide bonds. The van der Waals surface area contributed by atoms with Gasteiger partial charge in [0.1, 0.15) is 11.6 Å². The van der Waals surface area contributed by atoms with Crippen molar-refractivity contribution in [3.05, 3.63) is 23.5 Å². The molecule has 3 N–H and O–H groups in total.